The van der Waals surface area contributed by atoms with Gasteiger partial charge in [0.25, 0.3) is 0 Å². The Kier molecular flexibility index (Phi) is 6.61. The third-order valence-corrected chi connectivity index (χ3v) is 4.12. The first-order valence-electron chi connectivity index (χ1n) is 7.87. The smallest absolute Gasteiger partial charge is 0.328 e. The summed E-state index contributed by atoms with van der Waals surface area (Å²) in [5, 5.41) is 8.65. The zero-order valence-electron chi connectivity index (χ0n) is 14.4. The molecule has 0 unspecified atom stereocenters. The highest BCUT2D eigenvalue weighted by Crippen LogP contribution is 2.40. The number of carboxylic acid groups (broad SMARTS) is 1. The quantitative estimate of drug-likeness (QED) is 0.530. The number of rotatable bonds is 5. The van der Waals surface area contributed by atoms with Crippen LogP contribution in [0.3, 0.4) is 0 Å². The Balaban J connectivity index is 2.79. The Bertz CT molecular complexity index is 567. The van der Waals surface area contributed by atoms with Crippen molar-refractivity contribution in [3.8, 4) is 0 Å². The number of hydrogen-bond acceptors (Lipinski definition) is 1. The summed E-state index contributed by atoms with van der Waals surface area (Å²) in [5.74, 6) is -0.912. The summed E-state index contributed by atoms with van der Waals surface area (Å²) in [6, 6.07) is 0. The number of hydrogen-bond donors (Lipinski definition) is 1. The molecule has 0 heterocycles. The van der Waals surface area contributed by atoms with E-state index in [2.05, 4.69) is 39.8 Å². The third-order valence-electron chi connectivity index (χ3n) is 4.12. The maximum Gasteiger partial charge on any atom is 0.328 e. The van der Waals surface area contributed by atoms with Gasteiger partial charge in [-0.25, -0.2) is 4.79 Å². The average Bonchev–Trinajstić information content (AvgIpc) is 2.36. The summed E-state index contributed by atoms with van der Waals surface area (Å²) in [6.07, 6.45) is 15.0. The maximum atomic E-state index is 10.5. The van der Waals surface area contributed by atoms with Crippen LogP contribution in [-0.2, 0) is 4.79 Å². The van der Waals surface area contributed by atoms with E-state index >= 15 is 0 Å². The molecular weight excluding hydrogens is 274 g/mol. The van der Waals surface area contributed by atoms with Gasteiger partial charge >= 0.3 is 5.97 Å². The predicted octanol–water partition coefficient (Wildman–Crippen LogP) is 5.60. The van der Waals surface area contributed by atoms with Crippen LogP contribution in [0.5, 0.6) is 0 Å². The van der Waals surface area contributed by atoms with E-state index in [1.54, 1.807) is 13.0 Å². The first-order chi connectivity index (χ1) is 10.2. The lowest BCUT2D eigenvalue weighted by molar-refractivity contribution is -0.131. The van der Waals surface area contributed by atoms with Crippen LogP contribution in [0, 0.1) is 5.41 Å². The molecule has 1 rings (SSSR count). The van der Waals surface area contributed by atoms with Gasteiger partial charge in [0.1, 0.15) is 0 Å². The molecule has 0 aromatic carbocycles. The minimum absolute atomic E-state index is 0.260. The van der Waals surface area contributed by atoms with Crippen molar-refractivity contribution in [2.75, 3.05) is 0 Å². The fourth-order valence-corrected chi connectivity index (χ4v) is 2.88. The molecule has 1 aliphatic rings. The van der Waals surface area contributed by atoms with Crippen molar-refractivity contribution >= 4 is 5.97 Å². The van der Waals surface area contributed by atoms with E-state index < -0.39 is 5.97 Å². The van der Waals surface area contributed by atoms with Crippen molar-refractivity contribution in [1.29, 1.82) is 0 Å². The van der Waals surface area contributed by atoms with Crippen molar-refractivity contribution < 1.29 is 9.90 Å². The molecular formula is C20H28O2. The second-order valence-electron chi connectivity index (χ2n) is 6.76. The molecule has 0 fully saturated rings. The van der Waals surface area contributed by atoms with E-state index in [1.165, 1.54) is 36.5 Å². The Hall–Kier alpha value is -1.83. The van der Waals surface area contributed by atoms with Crippen molar-refractivity contribution in [1.82, 2.24) is 0 Å². The lowest BCUT2D eigenvalue weighted by Gasteiger charge is -2.32. The van der Waals surface area contributed by atoms with E-state index in [-0.39, 0.29) is 5.41 Å². The molecule has 1 N–H and O–H groups in total. The molecule has 2 nitrogen and oxygen atoms in total. The zero-order chi connectivity index (χ0) is 16.8. The number of aliphatic carboxylic acids is 1. The Morgan fingerprint density at radius 2 is 1.91 bits per heavy atom. The molecule has 0 bridgehead atoms. The fourth-order valence-electron chi connectivity index (χ4n) is 2.88. The van der Waals surface area contributed by atoms with Crippen LogP contribution in [0.1, 0.15) is 53.9 Å². The summed E-state index contributed by atoms with van der Waals surface area (Å²) in [6.45, 7) is 10.7. The summed E-state index contributed by atoms with van der Waals surface area (Å²) < 4.78 is 0. The Morgan fingerprint density at radius 3 is 2.50 bits per heavy atom. The van der Waals surface area contributed by atoms with Gasteiger partial charge in [-0.1, -0.05) is 55.4 Å². The van der Waals surface area contributed by atoms with E-state index in [1.807, 2.05) is 12.2 Å². The molecule has 0 aromatic rings. The second kappa shape index (κ2) is 7.98. The number of allylic oxidation sites excluding steroid dienone is 9. The van der Waals surface area contributed by atoms with Crippen LogP contribution in [0.15, 0.2) is 58.7 Å². The fraction of sp³-hybridized carbons (Fsp3) is 0.450. The van der Waals surface area contributed by atoms with Crippen molar-refractivity contribution in [2.24, 2.45) is 5.41 Å². The molecule has 0 aliphatic heterocycles. The van der Waals surface area contributed by atoms with Gasteiger partial charge in [0.05, 0.1) is 0 Å². The average molecular weight is 302 g/mol. The van der Waals surface area contributed by atoms with Crippen LogP contribution in [-0.4, -0.2) is 11.1 Å². The molecule has 0 amide bonds. The number of carboxylic acids is 1. The van der Waals surface area contributed by atoms with Gasteiger partial charge in [-0.15, -0.1) is 0 Å². The molecule has 1 aliphatic carbocycles. The summed E-state index contributed by atoms with van der Waals surface area (Å²) in [7, 11) is 0. The third kappa shape index (κ3) is 5.88. The zero-order valence-corrected chi connectivity index (χ0v) is 14.4. The Labute approximate surface area is 134 Å². The highest BCUT2D eigenvalue weighted by atomic mass is 16.6. The van der Waals surface area contributed by atoms with Crippen LogP contribution >= 0.6 is 0 Å². The summed E-state index contributed by atoms with van der Waals surface area (Å²) in [4.78, 5) is 10.5. The van der Waals surface area contributed by atoms with E-state index in [4.69, 9.17) is 5.11 Å². The maximum absolute atomic E-state index is 10.5. The van der Waals surface area contributed by atoms with E-state index in [0.29, 0.717) is 0 Å². The van der Waals surface area contributed by atoms with Gasteiger partial charge in [0, 0.05) is 6.08 Å². The molecule has 0 aromatic heterocycles. The van der Waals surface area contributed by atoms with Gasteiger partial charge in [0.2, 0.25) is 0 Å². The standard InChI is InChI=1S/C20H28O2/c1-15(8-6-9-16(2)14-19(21)22)11-12-18-17(3)10-7-13-20(18,4)5/h6,8-9,11-12,14H,7,10,13H2,1-5H3,(H,21,22)/b9-6+,12-11+,15-8-,16-14-/i19+2. The molecule has 0 saturated heterocycles. The second-order valence-corrected chi connectivity index (χ2v) is 6.76. The number of carbonyl (C=O) groups is 1. The SMILES string of the molecule is CC1=C(/C=C/C(C)=C\C=C\C(C)=C/[14C](=O)O)C(C)(C)CCC1. The van der Waals surface area contributed by atoms with Crippen molar-refractivity contribution in [3.05, 3.63) is 58.7 Å². The van der Waals surface area contributed by atoms with Crippen LogP contribution < -0.4 is 0 Å². The predicted molar refractivity (Wildman–Crippen MR) is 93.8 cm³/mol. The van der Waals surface area contributed by atoms with Gasteiger partial charge in [0.15, 0.2) is 0 Å². The monoisotopic (exact) mass is 302 g/mol. The van der Waals surface area contributed by atoms with Crippen molar-refractivity contribution in [2.45, 2.75) is 53.9 Å². The Morgan fingerprint density at radius 1 is 1.23 bits per heavy atom. The van der Waals surface area contributed by atoms with Gasteiger partial charge in [-0.05, 0) is 56.6 Å². The van der Waals surface area contributed by atoms with Crippen molar-refractivity contribution in [3.63, 3.8) is 0 Å². The van der Waals surface area contributed by atoms with Crippen LogP contribution in [0.2, 0.25) is 0 Å². The highest BCUT2D eigenvalue weighted by molar-refractivity contribution is 5.81. The molecule has 0 atom stereocenters. The first kappa shape index (κ1) is 18.2. The molecule has 22 heavy (non-hydrogen) atoms. The van der Waals surface area contributed by atoms with Gasteiger partial charge < -0.3 is 5.11 Å². The van der Waals surface area contributed by atoms with Gasteiger partial charge in [-0.2, -0.15) is 0 Å². The summed E-state index contributed by atoms with van der Waals surface area (Å²) in [5.41, 5.74) is 5.09. The van der Waals surface area contributed by atoms with E-state index in [9.17, 15) is 4.79 Å². The first-order valence-corrected chi connectivity index (χ1v) is 7.87. The minimum Gasteiger partial charge on any atom is -0.478 e. The van der Waals surface area contributed by atoms with Gasteiger partial charge in [-0.3, -0.25) is 0 Å². The normalized spacial score (nSPS) is 20.2. The molecule has 2 heteroatoms. The lowest BCUT2D eigenvalue weighted by atomic mass is 9.72. The van der Waals surface area contributed by atoms with E-state index in [0.717, 1.165) is 11.1 Å². The van der Waals surface area contributed by atoms with Crippen LogP contribution in [0.25, 0.3) is 0 Å². The van der Waals surface area contributed by atoms with Crippen LogP contribution in [0.4, 0.5) is 0 Å². The largest absolute Gasteiger partial charge is 0.478 e. The summed E-state index contributed by atoms with van der Waals surface area (Å²) >= 11 is 0. The highest BCUT2D eigenvalue weighted by Gasteiger charge is 2.26. The molecule has 0 spiro atoms. The molecule has 0 radical (unpaired) electrons. The minimum atomic E-state index is -0.912. The molecule has 0 saturated carbocycles. The topological polar surface area (TPSA) is 37.3 Å². The lowest BCUT2D eigenvalue weighted by Crippen LogP contribution is -2.19. The molecule has 120 valence electrons.